The third-order valence-corrected chi connectivity index (χ3v) is 4.35. The van der Waals surface area contributed by atoms with Crippen LogP contribution in [-0.2, 0) is 9.59 Å². The second-order valence-electron chi connectivity index (χ2n) is 6.48. The summed E-state index contributed by atoms with van der Waals surface area (Å²) in [4.78, 5) is 22.4. The molecule has 0 fully saturated rings. The van der Waals surface area contributed by atoms with Crippen LogP contribution in [0.15, 0.2) is 36.5 Å². The van der Waals surface area contributed by atoms with E-state index in [1.54, 1.807) is 6.08 Å². The van der Waals surface area contributed by atoms with Crippen LogP contribution in [0.2, 0.25) is 0 Å². The van der Waals surface area contributed by atoms with E-state index >= 15 is 0 Å². The number of unbranched alkanes of at least 4 members (excludes halogenated alkanes) is 3. The quantitative estimate of drug-likeness (QED) is 0.417. The number of carboxylic acid groups (broad SMARTS) is 1. The van der Waals surface area contributed by atoms with E-state index in [-0.39, 0.29) is 30.1 Å². The molecule has 1 rings (SSSR count). The van der Waals surface area contributed by atoms with Crippen LogP contribution in [-0.4, -0.2) is 22.9 Å². The normalized spacial score (nSPS) is 22.0. The number of nitrogens with two attached hydrogens (primary N) is 1. The molecule has 0 aromatic heterocycles. The van der Waals surface area contributed by atoms with E-state index in [1.807, 2.05) is 24.3 Å². The van der Waals surface area contributed by atoms with Gasteiger partial charge in [0.25, 0.3) is 0 Å². The molecule has 0 aliphatic heterocycles. The molecule has 0 saturated heterocycles. The van der Waals surface area contributed by atoms with E-state index in [0.29, 0.717) is 12.8 Å². The first-order chi connectivity index (χ1) is 11.5. The summed E-state index contributed by atoms with van der Waals surface area (Å²) in [5, 5.41) is 8.59. The van der Waals surface area contributed by atoms with Crippen LogP contribution < -0.4 is 5.73 Å². The van der Waals surface area contributed by atoms with Crippen molar-refractivity contribution in [1.29, 1.82) is 0 Å². The van der Waals surface area contributed by atoms with Gasteiger partial charge in [0.15, 0.2) is 5.78 Å². The maximum Gasteiger partial charge on any atom is 0.303 e. The van der Waals surface area contributed by atoms with Crippen LogP contribution in [0, 0.1) is 11.8 Å². The zero-order valence-corrected chi connectivity index (χ0v) is 14.7. The molecule has 134 valence electrons. The summed E-state index contributed by atoms with van der Waals surface area (Å²) >= 11 is 0. The lowest BCUT2D eigenvalue weighted by molar-refractivity contribution is -0.137. The second kappa shape index (κ2) is 11.8. The van der Waals surface area contributed by atoms with Crippen molar-refractivity contribution in [1.82, 2.24) is 0 Å². The number of rotatable bonds is 12. The van der Waals surface area contributed by atoms with Gasteiger partial charge in [0.2, 0.25) is 0 Å². The van der Waals surface area contributed by atoms with Crippen LogP contribution in [0.3, 0.4) is 0 Å². The summed E-state index contributed by atoms with van der Waals surface area (Å²) in [6.07, 6.45) is 18.5. The zero-order chi connectivity index (χ0) is 17.8. The molecule has 4 nitrogen and oxygen atoms in total. The minimum absolute atomic E-state index is 0.0418. The number of aliphatic carboxylic acids is 1. The highest BCUT2D eigenvalue weighted by Gasteiger charge is 2.26. The van der Waals surface area contributed by atoms with E-state index in [4.69, 9.17) is 10.8 Å². The second-order valence-corrected chi connectivity index (χ2v) is 6.48. The van der Waals surface area contributed by atoms with Crippen molar-refractivity contribution in [3.05, 3.63) is 36.5 Å². The number of ketones is 1. The lowest BCUT2D eigenvalue weighted by Crippen LogP contribution is -2.18. The molecule has 1 aliphatic rings. The predicted molar refractivity (Wildman–Crippen MR) is 97.6 cm³/mol. The summed E-state index contributed by atoms with van der Waals surface area (Å²) in [5.74, 6) is -0.517. The summed E-state index contributed by atoms with van der Waals surface area (Å²) in [5.41, 5.74) is 6.09. The molecule has 0 aromatic rings. The van der Waals surface area contributed by atoms with E-state index in [9.17, 15) is 9.59 Å². The topological polar surface area (TPSA) is 80.4 Å². The van der Waals surface area contributed by atoms with Crippen molar-refractivity contribution in [2.45, 2.75) is 64.3 Å². The van der Waals surface area contributed by atoms with Gasteiger partial charge in [0.1, 0.15) is 0 Å². The first-order valence-corrected chi connectivity index (χ1v) is 9.07. The van der Waals surface area contributed by atoms with E-state index in [2.05, 4.69) is 13.0 Å². The average molecular weight is 333 g/mol. The summed E-state index contributed by atoms with van der Waals surface area (Å²) in [6, 6.07) is 0.0628. The largest absolute Gasteiger partial charge is 0.481 e. The Morgan fingerprint density at radius 2 is 2.12 bits per heavy atom. The third kappa shape index (κ3) is 8.25. The van der Waals surface area contributed by atoms with Gasteiger partial charge < -0.3 is 10.8 Å². The van der Waals surface area contributed by atoms with Crippen molar-refractivity contribution in [3.8, 4) is 0 Å². The fraction of sp³-hybridized carbons (Fsp3) is 0.600. The number of hydrogen-bond donors (Lipinski definition) is 2. The van der Waals surface area contributed by atoms with Gasteiger partial charge in [0, 0.05) is 24.3 Å². The fourth-order valence-corrected chi connectivity index (χ4v) is 2.85. The van der Waals surface area contributed by atoms with E-state index in [0.717, 1.165) is 19.3 Å². The molecule has 0 unspecified atom stereocenters. The lowest BCUT2D eigenvalue weighted by Gasteiger charge is -2.14. The molecule has 3 N–H and O–H groups in total. The molecule has 24 heavy (non-hydrogen) atoms. The monoisotopic (exact) mass is 333 g/mol. The standard InChI is InChI=1S/C20H31NO3/c1-2-3-6-9-17(21)14-12-16-13-15-19(22)18(16)10-7-4-5-8-11-20(23)24/h4,7,12-18H,2-3,5-6,8-11,21H2,1H3,(H,23,24)/b7-4-,14-12+/t16-,17-,18+/m0/s1. The molecular weight excluding hydrogens is 302 g/mol. The molecule has 0 saturated carbocycles. The predicted octanol–water partition coefficient (Wildman–Crippen LogP) is 4.02. The minimum Gasteiger partial charge on any atom is -0.481 e. The first kappa shape index (κ1) is 20.4. The van der Waals surface area contributed by atoms with Gasteiger partial charge in [-0.3, -0.25) is 9.59 Å². The Morgan fingerprint density at radius 3 is 2.83 bits per heavy atom. The highest BCUT2D eigenvalue weighted by molar-refractivity contribution is 5.95. The summed E-state index contributed by atoms with van der Waals surface area (Å²) in [7, 11) is 0. The fourth-order valence-electron chi connectivity index (χ4n) is 2.85. The number of carbonyl (C=O) groups excluding carboxylic acids is 1. The number of allylic oxidation sites excluding steroid dienone is 5. The van der Waals surface area contributed by atoms with Crippen molar-refractivity contribution < 1.29 is 14.7 Å². The Kier molecular flexibility index (Phi) is 10.0. The summed E-state index contributed by atoms with van der Waals surface area (Å²) in [6.45, 7) is 2.18. The van der Waals surface area contributed by atoms with Crippen molar-refractivity contribution in [2.24, 2.45) is 17.6 Å². The molecule has 0 spiro atoms. The van der Waals surface area contributed by atoms with Gasteiger partial charge in [-0.2, -0.15) is 0 Å². The summed E-state index contributed by atoms with van der Waals surface area (Å²) < 4.78 is 0. The van der Waals surface area contributed by atoms with E-state index in [1.165, 1.54) is 12.8 Å². The van der Waals surface area contributed by atoms with Crippen molar-refractivity contribution >= 4 is 11.8 Å². The number of carbonyl (C=O) groups is 2. The van der Waals surface area contributed by atoms with Crippen molar-refractivity contribution in [2.75, 3.05) is 0 Å². The molecule has 3 atom stereocenters. The van der Waals surface area contributed by atoms with E-state index < -0.39 is 5.97 Å². The Balaban J connectivity index is 2.38. The van der Waals surface area contributed by atoms with Gasteiger partial charge >= 0.3 is 5.97 Å². The van der Waals surface area contributed by atoms with Crippen LogP contribution >= 0.6 is 0 Å². The smallest absolute Gasteiger partial charge is 0.303 e. The molecule has 0 heterocycles. The number of hydrogen-bond acceptors (Lipinski definition) is 3. The molecule has 0 aromatic carbocycles. The minimum atomic E-state index is -0.765. The van der Waals surface area contributed by atoms with Crippen LogP contribution in [0.25, 0.3) is 0 Å². The van der Waals surface area contributed by atoms with Gasteiger partial charge in [-0.25, -0.2) is 0 Å². The zero-order valence-electron chi connectivity index (χ0n) is 14.7. The third-order valence-electron chi connectivity index (χ3n) is 4.35. The Morgan fingerprint density at radius 1 is 1.33 bits per heavy atom. The molecule has 0 bridgehead atoms. The maximum atomic E-state index is 12.0. The van der Waals surface area contributed by atoms with Crippen LogP contribution in [0.5, 0.6) is 0 Å². The molecular formula is C20H31NO3. The SMILES string of the molecule is CCCCC[C@H](N)/C=C/[C@H]1C=CC(=O)[C@@H]1C/C=C\CCCC(=O)O. The molecule has 4 heteroatoms. The first-order valence-electron chi connectivity index (χ1n) is 9.07. The van der Waals surface area contributed by atoms with Gasteiger partial charge in [-0.1, -0.05) is 56.6 Å². The Hall–Kier alpha value is -1.68. The van der Waals surface area contributed by atoms with Gasteiger partial charge in [-0.15, -0.1) is 0 Å². The maximum absolute atomic E-state index is 12.0. The highest BCUT2D eigenvalue weighted by Crippen LogP contribution is 2.27. The van der Waals surface area contributed by atoms with Gasteiger partial charge in [0.05, 0.1) is 0 Å². The van der Waals surface area contributed by atoms with Crippen molar-refractivity contribution in [3.63, 3.8) is 0 Å². The number of carboxylic acids is 1. The van der Waals surface area contributed by atoms with Gasteiger partial charge in [-0.05, 0) is 31.8 Å². The lowest BCUT2D eigenvalue weighted by atomic mass is 9.90. The molecule has 0 amide bonds. The Labute approximate surface area is 145 Å². The van der Waals surface area contributed by atoms with Crippen LogP contribution in [0.1, 0.15) is 58.3 Å². The average Bonchev–Trinajstić information content (AvgIpc) is 2.89. The molecule has 1 aliphatic carbocycles. The highest BCUT2D eigenvalue weighted by atomic mass is 16.4. The van der Waals surface area contributed by atoms with Crippen LogP contribution in [0.4, 0.5) is 0 Å². The molecule has 0 radical (unpaired) electrons. The Bertz CT molecular complexity index is 479.